The van der Waals surface area contributed by atoms with Crippen molar-refractivity contribution in [3.63, 3.8) is 0 Å². The van der Waals surface area contributed by atoms with E-state index < -0.39 is 39.1 Å². The lowest BCUT2D eigenvalue weighted by Crippen LogP contribution is -2.41. The lowest BCUT2D eigenvalue weighted by Gasteiger charge is -2.30. The predicted molar refractivity (Wildman–Crippen MR) is 132 cm³/mol. The van der Waals surface area contributed by atoms with Gasteiger partial charge in [0.2, 0.25) is 5.91 Å². The van der Waals surface area contributed by atoms with Crippen molar-refractivity contribution in [2.75, 3.05) is 37.8 Å². The van der Waals surface area contributed by atoms with Gasteiger partial charge in [-0.05, 0) is 50.8 Å². The van der Waals surface area contributed by atoms with Crippen molar-refractivity contribution in [3.8, 4) is 5.75 Å². The van der Waals surface area contributed by atoms with E-state index in [1.165, 1.54) is 9.47 Å². The summed E-state index contributed by atoms with van der Waals surface area (Å²) in [6, 6.07) is 5.25. The van der Waals surface area contributed by atoms with Crippen LogP contribution >= 0.6 is 11.3 Å². The average molecular weight is 526 g/mol. The van der Waals surface area contributed by atoms with Crippen molar-refractivity contribution in [2.45, 2.75) is 40.2 Å². The smallest absolute Gasteiger partial charge is 0.326 e. The van der Waals surface area contributed by atoms with Crippen molar-refractivity contribution < 1.29 is 32.3 Å². The molecule has 2 heterocycles. The van der Waals surface area contributed by atoms with Crippen LogP contribution < -0.4 is 9.54 Å². The first-order valence-electron chi connectivity index (χ1n) is 11.6. The number of benzene rings is 1. The van der Waals surface area contributed by atoms with E-state index >= 15 is 0 Å². The minimum atomic E-state index is -4.00. The summed E-state index contributed by atoms with van der Waals surface area (Å²) in [7, 11) is -4.00. The second-order valence-corrected chi connectivity index (χ2v) is 11.5. The molecule has 1 aromatic carbocycles. The van der Waals surface area contributed by atoms with Gasteiger partial charge in [-0.1, -0.05) is 18.3 Å². The zero-order valence-electron chi connectivity index (χ0n) is 20.2. The van der Waals surface area contributed by atoms with Crippen molar-refractivity contribution in [3.05, 3.63) is 23.0 Å². The summed E-state index contributed by atoms with van der Waals surface area (Å²) in [6.45, 7) is 7.17. The van der Waals surface area contributed by atoms with Crippen molar-refractivity contribution in [1.82, 2.24) is 9.47 Å². The Balaban J connectivity index is 1.83. The SMILES string of the molecule is CCOC(=O)Cn1c(=NC(=O)CS(=O)(=O)CC(=O)N2CCC(C)CC2)sc2cc(OCC)ccc21. The molecule has 1 saturated heterocycles. The van der Waals surface area contributed by atoms with Crippen LogP contribution in [0.3, 0.4) is 0 Å². The number of carbonyl (C=O) groups is 3. The van der Waals surface area contributed by atoms with Crippen molar-refractivity contribution >= 4 is 49.2 Å². The molecule has 12 heteroatoms. The molecule has 1 aliphatic heterocycles. The van der Waals surface area contributed by atoms with Crippen LogP contribution in [-0.4, -0.2) is 73.5 Å². The number of rotatable bonds is 9. The molecule has 2 aromatic rings. The number of hydrogen-bond acceptors (Lipinski definition) is 8. The topological polar surface area (TPSA) is 124 Å². The van der Waals surface area contributed by atoms with Crippen molar-refractivity contribution in [2.24, 2.45) is 10.9 Å². The summed E-state index contributed by atoms with van der Waals surface area (Å²) in [5.41, 5.74) is 0.635. The van der Waals surface area contributed by atoms with E-state index in [9.17, 15) is 22.8 Å². The number of piperidine rings is 1. The van der Waals surface area contributed by atoms with E-state index in [2.05, 4.69) is 11.9 Å². The molecular formula is C23H31N3O7S2. The summed E-state index contributed by atoms with van der Waals surface area (Å²) in [6.07, 6.45) is 1.66. The molecule has 1 aliphatic rings. The molecule has 0 saturated carbocycles. The van der Waals surface area contributed by atoms with Gasteiger partial charge in [0.15, 0.2) is 14.6 Å². The fourth-order valence-electron chi connectivity index (χ4n) is 3.80. The maximum absolute atomic E-state index is 12.6. The number of carbonyl (C=O) groups excluding carboxylic acids is 3. The predicted octanol–water partition coefficient (Wildman–Crippen LogP) is 1.77. The highest BCUT2D eigenvalue weighted by molar-refractivity contribution is 7.92. The van der Waals surface area contributed by atoms with Crippen molar-refractivity contribution in [1.29, 1.82) is 0 Å². The van der Waals surface area contributed by atoms with E-state index in [1.807, 2.05) is 6.92 Å². The first-order chi connectivity index (χ1) is 16.6. The first kappa shape index (κ1) is 26.9. The van der Waals surface area contributed by atoms with Gasteiger partial charge in [0, 0.05) is 13.1 Å². The van der Waals surface area contributed by atoms with E-state index in [1.54, 1.807) is 25.1 Å². The molecule has 2 amide bonds. The molecular weight excluding hydrogens is 494 g/mol. The normalized spacial score (nSPS) is 15.4. The molecule has 0 spiro atoms. The molecule has 0 unspecified atom stereocenters. The van der Waals surface area contributed by atoms with Gasteiger partial charge < -0.3 is 18.9 Å². The highest BCUT2D eigenvalue weighted by Crippen LogP contribution is 2.23. The summed E-state index contributed by atoms with van der Waals surface area (Å²) in [4.78, 5) is 42.9. The summed E-state index contributed by atoms with van der Waals surface area (Å²) < 4.78 is 37.9. The van der Waals surface area contributed by atoms with Crippen LogP contribution in [0.15, 0.2) is 23.2 Å². The number of thiazole rings is 1. The maximum Gasteiger partial charge on any atom is 0.326 e. The van der Waals surface area contributed by atoms with E-state index in [-0.39, 0.29) is 18.0 Å². The van der Waals surface area contributed by atoms with Gasteiger partial charge in [-0.2, -0.15) is 4.99 Å². The first-order valence-corrected chi connectivity index (χ1v) is 14.2. The van der Waals surface area contributed by atoms with E-state index in [0.29, 0.717) is 41.6 Å². The minimum absolute atomic E-state index is 0.165. The molecule has 0 aliphatic carbocycles. The fraction of sp³-hybridized carbons (Fsp3) is 0.565. The van der Waals surface area contributed by atoms with Crippen LogP contribution in [-0.2, 0) is 35.5 Å². The van der Waals surface area contributed by atoms with Gasteiger partial charge in [-0.15, -0.1) is 0 Å². The average Bonchev–Trinajstić information content (AvgIpc) is 3.09. The van der Waals surface area contributed by atoms with Crippen LogP contribution in [0.5, 0.6) is 5.75 Å². The molecule has 0 N–H and O–H groups in total. The monoisotopic (exact) mass is 525 g/mol. The number of fused-ring (bicyclic) bond motifs is 1. The number of likely N-dealkylation sites (tertiary alicyclic amines) is 1. The Morgan fingerprint density at radius 1 is 1.11 bits per heavy atom. The Kier molecular flexibility index (Phi) is 9.06. The summed E-state index contributed by atoms with van der Waals surface area (Å²) in [5, 5.41) is 0. The molecule has 0 bridgehead atoms. The third-order valence-electron chi connectivity index (χ3n) is 5.60. The van der Waals surface area contributed by atoms with Gasteiger partial charge in [-0.3, -0.25) is 14.4 Å². The third kappa shape index (κ3) is 7.38. The van der Waals surface area contributed by atoms with Crippen LogP contribution in [0, 0.1) is 5.92 Å². The molecule has 0 radical (unpaired) electrons. The van der Waals surface area contributed by atoms with Gasteiger partial charge in [-0.25, -0.2) is 8.42 Å². The highest BCUT2D eigenvalue weighted by Gasteiger charge is 2.27. The summed E-state index contributed by atoms with van der Waals surface area (Å²) >= 11 is 1.13. The van der Waals surface area contributed by atoms with Gasteiger partial charge in [0.25, 0.3) is 5.91 Å². The van der Waals surface area contributed by atoms with Crippen LogP contribution in [0.25, 0.3) is 10.2 Å². The van der Waals surface area contributed by atoms with E-state index in [4.69, 9.17) is 9.47 Å². The fourth-order valence-corrected chi connectivity index (χ4v) is 5.98. The second-order valence-electron chi connectivity index (χ2n) is 8.44. The number of amides is 2. The third-order valence-corrected chi connectivity index (χ3v) is 8.02. The molecule has 3 rings (SSSR count). The van der Waals surface area contributed by atoms with Gasteiger partial charge in [0.1, 0.15) is 23.8 Å². The zero-order chi connectivity index (χ0) is 25.6. The lowest BCUT2D eigenvalue weighted by molar-refractivity contribution is -0.143. The van der Waals surface area contributed by atoms with Gasteiger partial charge in [0.05, 0.1) is 23.4 Å². The maximum atomic E-state index is 12.6. The number of esters is 1. The standard InChI is InChI=1S/C23H31N3O7S2/c1-4-32-17-6-7-18-19(12-17)34-23(26(18)13-22(29)33-5-2)24-20(27)14-35(30,31)15-21(28)25-10-8-16(3)9-11-25/h6-7,12,16H,4-5,8-11,13-15H2,1-3H3. The molecule has 0 atom stereocenters. The number of sulfone groups is 1. The molecule has 1 aromatic heterocycles. The van der Waals surface area contributed by atoms with Crippen LogP contribution in [0.1, 0.15) is 33.6 Å². The van der Waals surface area contributed by atoms with E-state index in [0.717, 1.165) is 24.2 Å². The Bertz CT molecular complexity index is 1260. The number of hydrogen-bond donors (Lipinski definition) is 0. The number of nitrogens with zero attached hydrogens (tertiary/aromatic N) is 3. The van der Waals surface area contributed by atoms with Gasteiger partial charge >= 0.3 is 5.97 Å². The Morgan fingerprint density at radius 3 is 2.49 bits per heavy atom. The Hall–Kier alpha value is -2.73. The minimum Gasteiger partial charge on any atom is -0.494 e. The molecule has 10 nitrogen and oxygen atoms in total. The lowest BCUT2D eigenvalue weighted by atomic mass is 9.99. The zero-order valence-corrected chi connectivity index (χ0v) is 21.8. The number of ether oxygens (including phenoxy) is 2. The number of aromatic nitrogens is 1. The summed E-state index contributed by atoms with van der Waals surface area (Å²) in [5.74, 6) is -2.40. The Morgan fingerprint density at radius 2 is 1.83 bits per heavy atom. The Labute approximate surface area is 208 Å². The quantitative estimate of drug-likeness (QED) is 0.457. The highest BCUT2D eigenvalue weighted by atomic mass is 32.2. The van der Waals surface area contributed by atoms with Crippen LogP contribution in [0.2, 0.25) is 0 Å². The van der Waals surface area contributed by atoms with Crippen LogP contribution in [0.4, 0.5) is 0 Å². The second kappa shape index (κ2) is 11.8. The molecule has 192 valence electrons. The molecule has 1 fully saturated rings. The largest absolute Gasteiger partial charge is 0.494 e. The molecule has 35 heavy (non-hydrogen) atoms.